The Morgan fingerprint density at radius 2 is 1.57 bits per heavy atom. The topological polar surface area (TPSA) is 55.1 Å². The van der Waals surface area contributed by atoms with Crippen molar-refractivity contribution in [3.63, 3.8) is 0 Å². The minimum Gasteiger partial charge on any atom is -0.351 e. The zero-order valence-corrected chi connectivity index (χ0v) is 14.1. The number of carbonyl (C=O) groups excluding carboxylic acids is 1. The molecule has 3 N–H and O–H groups in total. The zero-order chi connectivity index (χ0) is 16.9. The Hall–Kier alpha value is -2.13. The number of rotatable bonds is 6. The van der Waals surface area contributed by atoms with Crippen molar-refractivity contribution in [3.05, 3.63) is 71.8 Å². The SMILES string of the molecule is CC(NC(=O)C(N)Cc1ccccc1)C(C)(C)c1ccccc1. The molecule has 0 heterocycles. The van der Waals surface area contributed by atoms with Gasteiger partial charge < -0.3 is 11.1 Å². The molecule has 122 valence electrons. The fraction of sp³-hybridized carbons (Fsp3) is 0.350. The summed E-state index contributed by atoms with van der Waals surface area (Å²) in [5, 5.41) is 3.07. The van der Waals surface area contributed by atoms with E-state index in [2.05, 4.69) is 31.3 Å². The molecule has 0 saturated carbocycles. The predicted octanol–water partition coefficient (Wildman–Crippen LogP) is 3.04. The van der Waals surface area contributed by atoms with Gasteiger partial charge in [0.2, 0.25) is 5.91 Å². The molecular formula is C20H26N2O. The van der Waals surface area contributed by atoms with Crippen molar-refractivity contribution in [1.29, 1.82) is 0 Å². The third kappa shape index (κ3) is 4.42. The molecule has 0 bridgehead atoms. The van der Waals surface area contributed by atoms with Crippen LogP contribution in [0.5, 0.6) is 0 Å². The maximum atomic E-state index is 12.4. The molecule has 0 aromatic heterocycles. The highest BCUT2D eigenvalue weighted by Gasteiger charge is 2.30. The average molecular weight is 310 g/mol. The third-order valence-corrected chi connectivity index (χ3v) is 4.59. The van der Waals surface area contributed by atoms with Crippen LogP contribution in [-0.2, 0) is 16.6 Å². The second-order valence-electron chi connectivity index (χ2n) is 6.61. The summed E-state index contributed by atoms with van der Waals surface area (Å²) in [4.78, 5) is 12.4. The minimum atomic E-state index is -0.536. The van der Waals surface area contributed by atoms with Gasteiger partial charge in [0.15, 0.2) is 0 Å². The Kier molecular flexibility index (Phi) is 5.56. The number of hydrogen-bond acceptors (Lipinski definition) is 2. The predicted molar refractivity (Wildman–Crippen MR) is 95.2 cm³/mol. The van der Waals surface area contributed by atoms with Gasteiger partial charge in [-0.15, -0.1) is 0 Å². The molecule has 2 unspecified atom stereocenters. The first kappa shape index (κ1) is 17.2. The van der Waals surface area contributed by atoms with Crippen molar-refractivity contribution in [2.24, 2.45) is 5.73 Å². The van der Waals surface area contributed by atoms with Crippen LogP contribution in [0.4, 0.5) is 0 Å². The maximum absolute atomic E-state index is 12.4. The van der Waals surface area contributed by atoms with Crippen molar-refractivity contribution in [1.82, 2.24) is 5.32 Å². The summed E-state index contributed by atoms with van der Waals surface area (Å²) in [5.41, 5.74) is 8.18. The lowest BCUT2D eigenvalue weighted by Crippen LogP contribution is -2.51. The van der Waals surface area contributed by atoms with Crippen molar-refractivity contribution in [2.75, 3.05) is 0 Å². The van der Waals surface area contributed by atoms with Crippen LogP contribution in [0.1, 0.15) is 31.9 Å². The molecule has 2 rings (SSSR count). The molecule has 0 aliphatic carbocycles. The summed E-state index contributed by atoms with van der Waals surface area (Å²) < 4.78 is 0. The molecule has 2 atom stereocenters. The van der Waals surface area contributed by atoms with Gasteiger partial charge in [0.05, 0.1) is 6.04 Å². The normalized spacial score (nSPS) is 14.1. The smallest absolute Gasteiger partial charge is 0.237 e. The van der Waals surface area contributed by atoms with E-state index in [-0.39, 0.29) is 17.4 Å². The van der Waals surface area contributed by atoms with E-state index in [9.17, 15) is 4.79 Å². The van der Waals surface area contributed by atoms with Gasteiger partial charge in [-0.3, -0.25) is 4.79 Å². The van der Waals surface area contributed by atoms with Crippen molar-refractivity contribution in [2.45, 2.75) is 44.7 Å². The maximum Gasteiger partial charge on any atom is 0.237 e. The summed E-state index contributed by atoms with van der Waals surface area (Å²) >= 11 is 0. The lowest BCUT2D eigenvalue weighted by Gasteiger charge is -2.33. The third-order valence-electron chi connectivity index (χ3n) is 4.59. The lowest BCUT2D eigenvalue weighted by molar-refractivity contribution is -0.123. The number of nitrogens with one attached hydrogen (secondary N) is 1. The molecule has 0 aliphatic heterocycles. The molecule has 2 aromatic rings. The highest BCUT2D eigenvalue weighted by atomic mass is 16.2. The van der Waals surface area contributed by atoms with Crippen molar-refractivity contribution >= 4 is 5.91 Å². The standard InChI is InChI=1S/C20H26N2O/c1-15(20(2,3)17-12-8-5-9-13-17)22-19(23)18(21)14-16-10-6-4-7-11-16/h4-13,15,18H,14,21H2,1-3H3,(H,22,23). The molecule has 3 heteroatoms. The van der Waals surface area contributed by atoms with Crippen LogP contribution in [0.25, 0.3) is 0 Å². The van der Waals surface area contributed by atoms with Gasteiger partial charge >= 0.3 is 0 Å². The number of nitrogens with two attached hydrogens (primary N) is 1. The van der Waals surface area contributed by atoms with Crippen LogP contribution < -0.4 is 11.1 Å². The van der Waals surface area contributed by atoms with Gasteiger partial charge in [0.25, 0.3) is 0 Å². The molecular weight excluding hydrogens is 284 g/mol. The van der Waals surface area contributed by atoms with Crippen molar-refractivity contribution < 1.29 is 4.79 Å². The molecule has 23 heavy (non-hydrogen) atoms. The lowest BCUT2D eigenvalue weighted by atomic mass is 9.78. The zero-order valence-electron chi connectivity index (χ0n) is 14.1. The summed E-state index contributed by atoms with van der Waals surface area (Å²) in [7, 11) is 0. The van der Waals surface area contributed by atoms with E-state index in [4.69, 9.17) is 5.73 Å². The van der Waals surface area contributed by atoms with Crippen LogP contribution in [0.3, 0.4) is 0 Å². The summed E-state index contributed by atoms with van der Waals surface area (Å²) in [6.07, 6.45) is 0.547. The second-order valence-corrected chi connectivity index (χ2v) is 6.61. The van der Waals surface area contributed by atoms with Crippen LogP contribution in [0.2, 0.25) is 0 Å². The van der Waals surface area contributed by atoms with Gasteiger partial charge in [0.1, 0.15) is 0 Å². The Balaban J connectivity index is 1.99. The summed E-state index contributed by atoms with van der Waals surface area (Å²) in [6, 6.07) is 19.5. The van der Waals surface area contributed by atoms with E-state index < -0.39 is 6.04 Å². The highest BCUT2D eigenvalue weighted by molar-refractivity contribution is 5.82. The fourth-order valence-electron chi connectivity index (χ4n) is 2.58. The monoisotopic (exact) mass is 310 g/mol. The highest BCUT2D eigenvalue weighted by Crippen LogP contribution is 2.26. The number of benzene rings is 2. The summed E-state index contributed by atoms with van der Waals surface area (Å²) in [6.45, 7) is 6.30. The quantitative estimate of drug-likeness (QED) is 0.861. The molecule has 0 saturated heterocycles. The molecule has 0 radical (unpaired) electrons. The molecule has 1 amide bonds. The van der Waals surface area contributed by atoms with Gasteiger partial charge in [-0.05, 0) is 24.5 Å². The van der Waals surface area contributed by atoms with Crippen LogP contribution >= 0.6 is 0 Å². The average Bonchev–Trinajstić information content (AvgIpc) is 2.56. The molecule has 2 aromatic carbocycles. The van der Waals surface area contributed by atoms with Gasteiger partial charge in [-0.2, -0.15) is 0 Å². The Morgan fingerprint density at radius 3 is 2.13 bits per heavy atom. The molecule has 0 aliphatic rings. The first-order valence-electron chi connectivity index (χ1n) is 8.06. The van der Waals surface area contributed by atoms with E-state index in [1.54, 1.807) is 0 Å². The van der Waals surface area contributed by atoms with E-state index in [1.807, 2.05) is 55.5 Å². The Morgan fingerprint density at radius 1 is 1.04 bits per heavy atom. The second kappa shape index (κ2) is 7.42. The minimum absolute atomic E-state index is 0.0146. The van der Waals surface area contributed by atoms with E-state index in [0.717, 1.165) is 5.56 Å². The van der Waals surface area contributed by atoms with Gasteiger partial charge in [0, 0.05) is 11.5 Å². The van der Waals surface area contributed by atoms with Crippen LogP contribution in [0, 0.1) is 0 Å². The first-order valence-corrected chi connectivity index (χ1v) is 8.06. The largest absolute Gasteiger partial charge is 0.351 e. The van der Waals surface area contributed by atoms with Gasteiger partial charge in [-0.1, -0.05) is 74.5 Å². The Bertz CT molecular complexity index is 623. The fourth-order valence-corrected chi connectivity index (χ4v) is 2.58. The van der Waals surface area contributed by atoms with Crippen LogP contribution in [0.15, 0.2) is 60.7 Å². The number of carbonyl (C=O) groups is 1. The summed E-state index contributed by atoms with van der Waals surface area (Å²) in [5.74, 6) is -0.106. The first-order chi connectivity index (χ1) is 10.9. The Labute approximate surface area is 138 Å². The molecule has 0 fully saturated rings. The van der Waals surface area contributed by atoms with E-state index in [0.29, 0.717) is 6.42 Å². The molecule has 0 spiro atoms. The van der Waals surface area contributed by atoms with E-state index in [1.165, 1.54) is 5.56 Å². The van der Waals surface area contributed by atoms with Gasteiger partial charge in [-0.25, -0.2) is 0 Å². The van der Waals surface area contributed by atoms with E-state index >= 15 is 0 Å². The number of hydrogen-bond donors (Lipinski definition) is 2. The number of amides is 1. The van der Waals surface area contributed by atoms with Crippen molar-refractivity contribution in [3.8, 4) is 0 Å². The van der Waals surface area contributed by atoms with Crippen LogP contribution in [-0.4, -0.2) is 18.0 Å². The molecule has 3 nitrogen and oxygen atoms in total.